The fourth-order valence-corrected chi connectivity index (χ4v) is 2.72. The summed E-state index contributed by atoms with van der Waals surface area (Å²) < 4.78 is 0. The Bertz CT molecular complexity index is 300. The highest BCUT2D eigenvalue weighted by Gasteiger charge is 2.12. The quantitative estimate of drug-likeness (QED) is 0.639. The Kier molecular flexibility index (Phi) is 8.33. The third kappa shape index (κ3) is 6.11. The Morgan fingerprint density at radius 1 is 1.16 bits per heavy atom. The minimum atomic E-state index is 0.641. The van der Waals surface area contributed by atoms with Gasteiger partial charge in [0.05, 0.1) is 12.5 Å². The average Bonchev–Trinajstić information content (AvgIpc) is 2.47. The highest BCUT2D eigenvalue weighted by Crippen LogP contribution is 2.21. The maximum absolute atomic E-state index is 8.80. The molecular weight excluding hydrogens is 234 g/mol. The summed E-state index contributed by atoms with van der Waals surface area (Å²) >= 11 is 0. The minimum Gasteiger partial charge on any atom is -0.374 e. The predicted octanol–water partition coefficient (Wildman–Crippen LogP) is 3.39. The van der Waals surface area contributed by atoms with Gasteiger partial charge in [-0.1, -0.05) is 19.9 Å². The van der Waals surface area contributed by atoms with Crippen molar-refractivity contribution < 1.29 is 0 Å². The van der Waals surface area contributed by atoms with Gasteiger partial charge in [0.25, 0.3) is 0 Å². The van der Waals surface area contributed by atoms with E-state index >= 15 is 0 Å². The zero-order valence-corrected chi connectivity index (χ0v) is 12.7. The number of hydrogen-bond acceptors (Lipinski definition) is 3. The monoisotopic (exact) mass is 263 g/mol. The molecule has 0 aliphatic heterocycles. The van der Waals surface area contributed by atoms with Gasteiger partial charge in [0.1, 0.15) is 0 Å². The molecular formula is C16H29N3. The van der Waals surface area contributed by atoms with Crippen LogP contribution in [0.4, 0.5) is 0 Å². The summed E-state index contributed by atoms with van der Waals surface area (Å²) in [5, 5.41) is 8.80. The molecule has 108 valence electrons. The normalized spacial score (nSPS) is 15.2. The molecule has 0 aromatic heterocycles. The third-order valence-corrected chi connectivity index (χ3v) is 3.96. The van der Waals surface area contributed by atoms with Gasteiger partial charge in [-0.05, 0) is 51.7 Å². The van der Waals surface area contributed by atoms with Gasteiger partial charge in [0, 0.05) is 18.8 Å². The molecule has 0 aromatic carbocycles. The maximum Gasteiger partial charge on any atom is 0.0640 e. The Morgan fingerprint density at radius 3 is 2.53 bits per heavy atom. The first kappa shape index (κ1) is 16.0. The minimum absolute atomic E-state index is 0.641. The zero-order valence-electron chi connectivity index (χ0n) is 12.7. The molecule has 1 rings (SSSR count). The van der Waals surface area contributed by atoms with E-state index in [2.05, 4.69) is 35.8 Å². The highest BCUT2D eigenvalue weighted by atomic mass is 15.1. The third-order valence-electron chi connectivity index (χ3n) is 3.96. The average molecular weight is 263 g/mol. The van der Waals surface area contributed by atoms with Crippen LogP contribution in [0, 0.1) is 11.3 Å². The van der Waals surface area contributed by atoms with Gasteiger partial charge in [0.2, 0.25) is 0 Å². The molecule has 0 amide bonds. The summed E-state index contributed by atoms with van der Waals surface area (Å²) in [4.78, 5) is 4.92. The first-order valence-corrected chi connectivity index (χ1v) is 7.85. The van der Waals surface area contributed by atoms with Crippen LogP contribution < -0.4 is 0 Å². The van der Waals surface area contributed by atoms with Gasteiger partial charge in [-0.2, -0.15) is 5.26 Å². The fraction of sp³-hybridized carbons (Fsp3) is 0.812. The van der Waals surface area contributed by atoms with Crippen LogP contribution in [-0.4, -0.2) is 42.5 Å². The van der Waals surface area contributed by atoms with Crippen molar-refractivity contribution in [3.63, 3.8) is 0 Å². The van der Waals surface area contributed by atoms with E-state index in [0.29, 0.717) is 6.42 Å². The molecule has 0 spiro atoms. The van der Waals surface area contributed by atoms with Crippen LogP contribution in [0.3, 0.4) is 0 Å². The topological polar surface area (TPSA) is 30.3 Å². The van der Waals surface area contributed by atoms with Crippen LogP contribution >= 0.6 is 0 Å². The summed E-state index contributed by atoms with van der Waals surface area (Å²) in [6, 6.07) is 2.28. The molecule has 3 heteroatoms. The van der Waals surface area contributed by atoms with Crippen molar-refractivity contribution in [3.8, 4) is 6.07 Å². The smallest absolute Gasteiger partial charge is 0.0640 e. The van der Waals surface area contributed by atoms with Crippen molar-refractivity contribution >= 4 is 0 Å². The first-order chi connectivity index (χ1) is 9.31. The molecule has 3 nitrogen and oxygen atoms in total. The number of allylic oxidation sites excluding steroid dienone is 2. The maximum atomic E-state index is 8.80. The molecule has 0 bridgehead atoms. The number of nitrogens with zero attached hydrogens (tertiary/aromatic N) is 3. The molecule has 0 N–H and O–H groups in total. The second kappa shape index (κ2) is 9.86. The number of rotatable bonds is 9. The predicted molar refractivity (Wildman–Crippen MR) is 80.8 cm³/mol. The Labute approximate surface area is 118 Å². The lowest BCUT2D eigenvalue weighted by molar-refractivity contribution is 0.262. The Morgan fingerprint density at radius 2 is 1.95 bits per heavy atom. The van der Waals surface area contributed by atoms with E-state index in [0.717, 1.165) is 26.2 Å². The van der Waals surface area contributed by atoms with Crippen molar-refractivity contribution in [1.82, 2.24) is 9.80 Å². The van der Waals surface area contributed by atoms with Crippen molar-refractivity contribution in [2.45, 2.75) is 52.4 Å². The fourth-order valence-electron chi connectivity index (χ4n) is 2.72. The van der Waals surface area contributed by atoms with E-state index in [1.54, 1.807) is 0 Å². The SMILES string of the molecule is CCN(CC)CCCN(CCC#N)C1=CCCCC1. The molecule has 0 atom stereocenters. The van der Waals surface area contributed by atoms with Crippen molar-refractivity contribution in [3.05, 3.63) is 11.8 Å². The van der Waals surface area contributed by atoms with Crippen molar-refractivity contribution in [2.24, 2.45) is 0 Å². The molecule has 0 unspecified atom stereocenters. The van der Waals surface area contributed by atoms with Gasteiger partial charge < -0.3 is 9.80 Å². The molecule has 0 heterocycles. The van der Waals surface area contributed by atoms with Crippen molar-refractivity contribution in [1.29, 1.82) is 5.26 Å². The van der Waals surface area contributed by atoms with Crippen LogP contribution in [-0.2, 0) is 0 Å². The van der Waals surface area contributed by atoms with E-state index < -0.39 is 0 Å². The molecule has 0 radical (unpaired) electrons. The van der Waals surface area contributed by atoms with Crippen LogP contribution in [0.2, 0.25) is 0 Å². The van der Waals surface area contributed by atoms with E-state index in [1.807, 2.05) is 0 Å². The van der Waals surface area contributed by atoms with E-state index in [4.69, 9.17) is 5.26 Å². The standard InChI is InChI=1S/C16H29N3/c1-3-18(4-2)13-9-15-19(14-8-12-17)16-10-6-5-7-11-16/h10H,3-9,11,13-15H2,1-2H3. The zero-order chi connectivity index (χ0) is 13.9. The lowest BCUT2D eigenvalue weighted by Crippen LogP contribution is -2.30. The lowest BCUT2D eigenvalue weighted by atomic mass is 10.0. The molecule has 0 aromatic rings. The van der Waals surface area contributed by atoms with E-state index in [9.17, 15) is 0 Å². The van der Waals surface area contributed by atoms with E-state index in [1.165, 1.54) is 44.3 Å². The summed E-state index contributed by atoms with van der Waals surface area (Å²) in [5.41, 5.74) is 1.49. The summed E-state index contributed by atoms with van der Waals surface area (Å²) in [5.74, 6) is 0. The van der Waals surface area contributed by atoms with Gasteiger partial charge in [-0.15, -0.1) is 0 Å². The number of hydrogen-bond donors (Lipinski definition) is 0. The largest absolute Gasteiger partial charge is 0.374 e. The van der Waals surface area contributed by atoms with Crippen molar-refractivity contribution in [2.75, 3.05) is 32.7 Å². The Balaban J connectivity index is 2.41. The van der Waals surface area contributed by atoms with Crippen LogP contribution in [0.25, 0.3) is 0 Å². The van der Waals surface area contributed by atoms with Gasteiger partial charge >= 0.3 is 0 Å². The molecule has 1 aliphatic carbocycles. The van der Waals surface area contributed by atoms with Crippen LogP contribution in [0.5, 0.6) is 0 Å². The van der Waals surface area contributed by atoms with E-state index in [-0.39, 0.29) is 0 Å². The summed E-state index contributed by atoms with van der Waals surface area (Å²) in [6.45, 7) is 9.89. The highest BCUT2D eigenvalue weighted by molar-refractivity contribution is 5.04. The molecule has 1 aliphatic rings. The summed E-state index contributed by atoms with van der Waals surface area (Å²) in [6.07, 6.45) is 9.29. The summed E-state index contributed by atoms with van der Waals surface area (Å²) in [7, 11) is 0. The second-order valence-corrected chi connectivity index (χ2v) is 5.22. The molecule has 0 fully saturated rings. The molecule has 0 saturated carbocycles. The first-order valence-electron chi connectivity index (χ1n) is 7.85. The van der Waals surface area contributed by atoms with Gasteiger partial charge in [-0.3, -0.25) is 0 Å². The molecule has 19 heavy (non-hydrogen) atoms. The van der Waals surface area contributed by atoms with Crippen LogP contribution in [0.1, 0.15) is 52.4 Å². The van der Waals surface area contributed by atoms with Gasteiger partial charge in [0.15, 0.2) is 0 Å². The second-order valence-electron chi connectivity index (χ2n) is 5.22. The lowest BCUT2D eigenvalue weighted by Gasteiger charge is -2.30. The molecule has 0 saturated heterocycles. The van der Waals surface area contributed by atoms with Crippen LogP contribution in [0.15, 0.2) is 11.8 Å². The van der Waals surface area contributed by atoms with Gasteiger partial charge in [-0.25, -0.2) is 0 Å². The number of nitriles is 1. The Hall–Kier alpha value is -1.01.